The van der Waals surface area contributed by atoms with Crippen molar-refractivity contribution in [2.24, 2.45) is 5.92 Å². The zero-order valence-corrected chi connectivity index (χ0v) is 17.3. The van der Waals surface area contributed by atoms with E-state index in [0.29, 0.717) is 5.75 Å². The molecule has 0 spiro atoms. The Morgan fingerprint density at radius 3 is 2.66 bits per heavy atom. The molecule has 3 aromatic rings. The van der Waals surface area contributed by atoms with E-state index in [9.17, 15) is 4.79 Å². The number of hydrogen-bond donors (Lipinski definition) is 2. The van der Waals surface area contributed by atoms with Gasteiger partial charge in [-0.3, -0.25) is 9.69 Å². The van der Waals surface area contributed by atoms with Crippen LogP contribution in [0.2, 0.25) is 0 Å². The van der Waals surface area contributed by atoms with Gasteiger partial charge in [0.05, 0.1) is 30.4 Å². The fourth-order valence-electron chi connectivity index (χ4n) is 3.97. The van der Waals surface area contributed by atoms with E-state index in [1.807, 2.05) is 25.1 Å². The van der Waals surface area contributed by atoms with Crippen molar-refractivity contribution in [3.63, 3.8) is 0 Å². The number of methoxy groups -OCH3 is 1. The number of rotatable bonds is 5. The Bertz CT molecular complexity index is 1020. The monoisotopic (exact) mass is 392 g/mol. The SMILES string of the molecule is COc1ccc(C)cc1NC(=O)C1CCN(Cc2nc3ccc(C)cc3[nH]2)CC1. The van der Waals surface area contributed by atoms with Crippen LogP contribution in [0, 0.1) is 19.8 Å². The van der Waals surface area contributed by atoms with Gasteiger partial charge in [0.25, 0.3) is 0 Å². The molecule has 6 heteroatoms. The van der Waals surface area contributed by atoms with Crippen LogP contribution >= 0.6 is 0 Å². The number of ether oxygens (including phenoxy) is 1. The molecule has 6 nitrogen and oxygen atoms in total. The average molecular weight is 393 g/mol. The Morgan fingerprint density at radius 2 is 1.90 bits per heavy atom. The number of nitrogens with one attached hydrogen (secondary N) is 2. The molecule has 2 N–H and O–H groups in total. The van der Waals surface area contributed by atoms with Gasteiger partial charge in [-0.15, -0.1) is 0 Å². The van der Waals surface area contributed by atoms with Crippen LogP contribution in [0.1, 0.15) is 29.8 Å². The standard InChI is InChI=1S/C23H28N4O2/c1-15-4-6-18-19(12-15)25-22(24-18)14-27-10-8-17(9-11-27)23(28)26-20-13-16(2)5-7-21(20)29-3/h4-7,12-13,17H,8-11,14H2,1-3H3,(H,24,25)(H,26,28). The van der Waals surface area contributed by atoms with Crippen molar-refractivity contribution in [2.45, 2.75) is 33.2 Å². The number of fused-ring (bicyclic) bond motifs is 1. The predicted octanol–water partition coefficient (Wildman–Crippen LogP) is 4.04. The maximum atomic E-state index is 12.8. The van der Waals surface area contributed by atoms with E-state index in [1.54, 1.807) is 7.11 Å². The zero-order chi connectivity index (χ0) is 20.4. The Labute approximate surface area is 171 Å². The van der Waals surface area contributed by atoms with E-state index in [-0.39, 0.29) is 11.8 Å². The molecule has 1 aliphatic rings. The van der Waals surface area contributed by atoms with Gasteiger partial charge in [0.15, 0.2) is 0 Å². The molecule has 0 radical (unpaired) electrons. The highest BCUT2D eigenvalue weighted by Gasteiger charge is 2.26. The number of carbonyl (C=O) groups is 1. The summed E-state index contributed by atoms with van der Waals surface area (Å²) >= 11 is 0. The first-order valence-corrected chi connectivity index (χ1v) is 10.1. The normalized spacial score (nSPS) is 15.6. The second-order valence-electron chi connectivity index (χ2n) is 7.95. The largest absolute Gasteiger partial charge is 0.495 e. The number of anilines is 1. The number of carbonyl (C=O) groups excluding carboxylic acids is 1. The van der Waals surface area contributed by atoms with Crippen LogP contribution in [0.15, 0.2) is 36.4 Å². The number of piperidine rings is 1. The zero-order valence-electron chi connectivity index (χ0n) is 17.3. The molecule has 0 unspecified atom stereocenters. The number of aromatic nitrogens is 2. The second kappa shape index (κ2) is 8.25. The lowest BCUT2D eigenvalue weighted by atomic mass is 9.95. The van der Waals surface area contributed by atoms with Crippen molar-refractivity contribution in [3.05, 3.63) is 53.3 Å². The molecule has 4 rings (SSSR count). The van der Waals surface area contributed by atoms with Gasteiger partial charge in [0.2, 0.25) is 5.91 Å². The highest BCUT2D eigenvalue weighted by atomic mass is 16.5. The number of hydrogen-bond acceptors (Lipinski definition) is 4. The van der Waals surface area contributed by atoms with Gasteiger partial charge < -0.3 is 15.0 Å². The third-order valence-corrected chi connectivity index (χ3v) is 5.63. The van der Waals surface area contributed by atoms with Crippen LogP contribution in [0.5, 0.6) is 5.75 Å². The van der Waals surface area contributed by atoms with Crippen LogP contribution in [0.25, 0.3) is 11.0 Å². The molecule has 0 aliphatic carbocycles. The number of likely N-dealkylation sites (tertiary alicyclic amines) is 1. The van der Waals surface area contributed by atoms with Gasteiger partial charge >= 0.3 is 0 Å². The number of aryl methyl sites for hydroxylation is 2. The van der Waals surface area contributed by atoms with Crippen molar-refractivity contribution in [1.29, 1.82) is 0 Å². The molecule has 1 aromatic heterocycles. The van der Waals surface area contributed by atoms with Crippen LogP contribution in [-0.4, -0.2) is 41.0 Å². The number of imidazole rings is 1. The molecule has 1 aliphatic heterocycles. The lowest BCUT2D eigenvalue weighted by molar-refractivity contribution is -0.121. The number of aromatic amines is 1. The molecule has 0 atom stereocenters. The van der Waals surface area contributed by atoms with Gasteiger partial charge in [0, 0.05) is 5.92 Å². The van der Waals surface area contributed by atoms with Crippen LogP contribution < -0.4 is 10.1 Å². The first-order valence-electron chi connectivity index (χ1n) is 10.1. The molecule has 1 saturated heterocycles. The Kier molecular flexibility index (Phi) is 5.53. The van der Waals surface area contributed by atoms with Gasteiger partial charge in [0.1, 0.15) is 11.6 Å². The number of amides is 1. The fraction of sp³-hybridized carbons (Fsp3) is 0.391. The summed E-state index contributed by atoms with van der Waals surface area (Å²) in [6.07, 6.45) is 1.69. The van der Waals surface area contributed by atoms with Crippen molar-refractivity contribution < 1.29 is 9.53 Å². The highest BCUT2D eigenvalue weighted by Crippen LogP contribution is 2.27. The first-order chi connectivity index (χ1) is 14.0. The van der Waals surface area contributed by atoms with Gasteiger partial charge in [-0.05, 0) is 75.2 Å². The van der Waals surface area contributed by atoms with Gasteiger partial charge in [-0.2, -0.15) is 0 Å². The first kappa shape index (κ1) is 19.5. The molecule has 2 heterocycles. The third-order valence-electron chi connectivity index (χ3n) is 5.63. The van der Waals surface area contributed by atoms with Crippen LogP contribution in [0.3, 0.4) is 0 Å². The van der Waals surface area contributed by atoms with E-state index < -0.39 is 0 Å². The number of benzene rings is 2. The molecule has 29 heavy (non-hydrogen) atoms. The quantitative estimate of drug-likeness (QED) is 0.688. The van der Waals surface area contributed by atoms with E-state index in [1.165, 1.54) is 5.56 Å². The maximum Gasteiger partial charge on any atom is 0.227 e. The molecule has 0 saturated carbocycles. The van der Waals surface area contributed by atoms with Crippen molar-refractivity contribution in [2.75, 3.05) is 25.5 Å². The Morgan fingerprint density at radius 1 is 1.17 bits per heavy atom. The molecule has 0 bridgehead atoms. The fourth-order valence-corrected chi connectivity index (χ4v) is 3.97. The minimum Gasteiger partial charge on any atom is -0.495 e. The Hall–Kier alpha value is -2.86. The summed E-state index contributed by atoms with van der Waals surface area (Å²) in [4.78, 5) is 23.2. The van der Waals surface area contributed by atoms with Crippen LogP contribution in [-0.2, 0) is 11.3 Å². The molecule has 1 amide bonds. The van der Waals surface area contributed by atoms with E-state index in [0.717, 1.165) is 60.6 Å². The second-order valence-corrected chi connectivity index (χ2v) is 7.95. The topological polar surface area (TPSA) is 70.2 Å². The molecule has 1 fully saturated rings. The summed E-state index contributed by atoms with van der Waals surface area (Å²) in [7, 11) is 1.62. The Balaban J connectivity index is 1.34. The van der Waals surface area contributed by atoms with Crippen molar-refractivity contribution >= 4 is 22.6 Å². The minimum atomic E-state index is 0.0230. The number of nitrogens with zero attached hydrogens (tertiary/aromatic N) is 2. The summed E-state index contributed by atoms with van der Waals surface area (Å²) in [5.41, 5.74) is 5.16. The lowest BCUT2D eigenvalue weighted by Gasteiger charge is -2.30. The maximum absolute atomic E-state index is 12.8. The summed E-state index contributed by atoms with van der Waals surface area (Å²) in [6.45, 7) is 6.65. The van der Waals surface area contributed by atoms with E-state index >= 15 is 0 Å². The predicted molar refractivity (Wildman–Crippen MR) is 115 cm³/mol. The summed E-state index contributed by atoms with van der Waals surface area (Å²) in [5, 5.41) is 3.06. The van der Waals surface area contributed by atoms with Crippen molar-refractivity contribution in [3.8, 4) is 5.75 Å². The molecule has 152 valence electrons. The molecular formula is C23H28N4O2. The van der Waals surface area contributed by atoms with Crippen molar-refractivity contribution in [1.82, 2.24) is 14.9 Å². The number of H-pyrrole nitrogens is 1. The molecule has 2 aromatic carbocycles. The smallest absolute Gasteiger partial charge is 0.227 e. The van der Waals surface area contributed by atoms with Crippen LogP contribution in [0.4, 0.5) is 5.69 Å². The summed E-state index contributed by atoms with van der Waals surface area (Å²) < 4.78 is 5.37. The minimum absolute atomic E-state index is 0.0230. The molecular weight excluding hydrogens is 364 g/mol. The lowest BCUT2D eigenvalue weighted by Crippen LogP contribution is -2.38. The average Bonchev–Trinajstić information content (AvgIpc) is 3.10. The highest BCUT2D eigenvalue weighted by molar-refractivity contribution is 5.94. The van der Waals surface area contributed by atoms with E-state index in [4.69, 9.17) is 9.72 Å². The third kappa shape index (κ3) is 4.43. The summed E-state index contributed by atoms with van der Waals surface area (Å²) in [6, 6.07) is 12.1. The van der Waals surface area contributed by atoms with E-state index in [2.05, 4.69) is 40.3 Å². The van der Waals surface area contributed by atoms with Gasteiger partial charge in [-0.1, -0.05) is 12.1 Å². The van der Waals surface area contributed by atoms with Gasteiger partial charge in [-0.25, -0.2) is 4.98 Å². The summed E-state index contributed by atoms with van der Waals surface area (Å²) in [5.74, 6) is 1.78.